The van der Waals surface area contributed by atoms with Crippen molar-refractivity contribution in [3.8, 4) is 0 Å². The van der Waals surface area contributed by atoms with Crippen LogP contribution in [0.3, 0.4) is 0 Å². The Labute approximate surface area is 76.3 Å². The molecule has 0 saturated carbocycles. The van der Waals surface area contributed by atoms with E-state index in [0.717, 1.165) is 5.75 Å². The van der Waals surface area contributed by atoms with Crippen LogP contribution in [0.1, 0.15) is 18.1 Å². The van der Waals surface area contributed by atoms with E-state index in [1.54, 1.807) is 0 Å². The minimum absolute atomic E-state index is 0.688. The van der Waals surface area contributed by atoms with Gasteiger partial charge in [0.15, 0.2) is 0 Å². The first-order chi connectivity index (χ1) is 5.74. The first kappa shape index (κ1) is 9.46. The van der Waals surface area contributed by atoms with Crippen molar-refractivity contribution in [1.29, 1.82) is 0 Å². The molecular formula is C10H14OS. The minimum atomic E-state index is -0.688. The Balaban J connectivity index is 2.75. The van der Waals surface area contributed by atoms with Crippen molar-refractivity contribution in [2.75, 3.05) is 5.75 Å². The van der Waals surface area contributed by atoms with Gasteiger partial charge in [-0.1, -0.05) is 31.2 Å². The molecule has 1 nitrogen and oxygen atoms in total. The van der Waals surface area contributed by atoms with Crippen LogP contribution >= 0.6 is 0 Å². The first-order valence-electron chi connectivity index (χ1n) is 4.13. The summed E-state index contributed by atoms with van der Waals surface area (Å²) in [5.41, 5.74) is 2.44. The number of rotatable bonds is 3. The largest absolute Gasteiger partial charge is 0.259 e. The van der Waals surface area contributed by atoms with Crippen molar-refractivity contribution in [1.82, 2.24) is 0 Å². The van der Waals surface area contributed by atoms with Gasteiger partial charge in [-0.2, -0.15) is 0 Å². The summed E-state index contributed by atoms with van der Waals surface area (Å²) in [5.74, 6) is 1.44. The van der Waals surface area contributed by atoms with E-state index in [4.69, 9.17) is 0 Å². The van der Waals surface area contributed by atoms with Crippen LogP contribution in [0.15, 0.2) is 24.3 Å². The molecule has 2 heteroatoms. The van der Waals surface area contributed by atoms with Gasteiger partial charge in [0.05, 0.1) is 0 Å². The molecule has 1 rings (SSSR count). The van der Waals surface area contributed by atoms with Crippen LogP contribution in [0.2, 0.25) is 0 Å². The molecule has 0 N–H and O–H groups in total. The second-order valence-electron chi connectivity index (χ2n) is 2.80. The predicted molar refractivity (Wildman–Crippen MR) is 53.6 cm³/mol. The second-order valence-corrected chi connectivity index (χ2v) is 4.55. The normalized spacial score (nSPS) is 12.8. The van der Waals surface area contributed by atoms with E-state index in [9.17, 15) is 4.21 Å². The summed E-state index contributed by atoms with van der Waals surface area (Å²) >= 11 is 0. The molecule has 0 fully saturated rings. The van der Waals surface area contributed by atoms with Gasteiger partial charge in [0, 0.05) is 22.3 Å². The van der Waals surface area contributed by atoms with Gasteiger partial charge >= 0.3 is 0 Å². The maximum absolute atomic E-state index is 11.2. The molecule has 66 valence electrons. The highest BCUT2D eigenvalue weighted by molar-refractivity contribution is 7.84. The first-order valence-corrected chi connectivity index (χ1v) is 5.62. The van der Waals surface area contributed by atoms with Crippen molar-refractivity contribution >= 4 is 10.8 Å². The van der Waals surface area contributed by atoms with Crippen LogP contribution in [-0.4, -0.2) is 9.96 Å². The smallest absolute Gasteiger partial charge is 0.0488 e. The van der Waals surface area contributed by atoms with E-state index in [1.165, 1.54) is 11.1 Å². The molecule has 0 spiro atoms. The Morgan fingerprint density at radius 1 is 1.33 bits per heavy atom. The van der Waals surface area contributed by atoms with Gasteiger partial charge in [0.1, 0.15) is 0 Å². The van der Waals surface area contributed by atoms with Crippen molar-refractivity contribution in [3.05, 3.63) is 35.4 Å². The van der Waals surface area contributed by atoms with Crippen LogP contribution in [0, 0.1) is 6.92 Å². The summed E-state index contributed by atoms with van der Waals surface area (Å²) in [7, 11) is -0.688. The molecule has 0 aromatic heterocycles. The summed E-state index contributed by atoms with van der Waals surface area (Å²) in [6.07, 6.45) is 0. The van der Waals surface area contributed by atoms with Gasteiger partial charge in [-0.3, -0.25) is 4.21 Å². The number of hydrogen-bond donors (Lipinski definition) is 0. The predicted octanol–water partition coefficient (Wildman–Crippen LogP) is 2.26. The second kappa shape index (κ2) is 4.41. The van der Waals surface area contributed by atoms with Gasteiger partial charge in [-0.15, -0.1) is 0 Å². The van der Waals surface area contributed by atoms with Gasteiger partial charge in [-0.25, -0.2) is 0 Å². The molecule has 0 radical (unpaired) electrons. The molecule has 0 saturated heterocycles. The van der Waals surface area contributed by atoms with E-state index < -0.39 is 10.8 Å². The highest BCUT2D eigenvalue weighted by atomic mass is 32.2. The van der Waals surface area contributed by atoms with E-state index in [-0.39, 0.29) is 0 Å². The lowest BCUT2D eigenvalue weighted by Crippen LogP contribution is -1.99. The average molecular weight is 182 g/mol. The molecule has 1 aromatic carbocycles. The molecule has 0 heterocycles. The molecule has 1 aromatic rings. The van der Waals surface area contributed by atoms with E-state index in [2.05, 4.69) is 13.0 Å². The highest BCUT2D eigenvalue weighted by Gasteiger charge is 2.00. The zero-order valence-corrected chi connectivity index (χ0v) is 8.36. The average Bonchev–Trinajstić information content (AvgIpc) is 2.09. The third-order valence-corrected chi connectivity index (χ3v) is 3.18. The van der Waals surface area contributed by atoms with Gasteiger partial charge in [0.25, 0.3) is 0 Å². The van der Waals surface area contributed by atoms with Crippen LogP contribution in [-0.2, 0) is 16.6 Å². The number of hydrogen-bond acceptors (Lipinski definition) is 1. The maximum Gasteiger partial charge on any atom is 0.0488 e. The van der Waals surface area contributed by atoms with Crippen LogP contribution in [0.25, 0.3) is 0 Å². The van der Waals surface area contributed by atoms with E-state index in [0.29, 0.717) is 5.75 Å². The third-order valence-electron chi connectivity index (χ3n) is 1.90. The Morgan fingerprint density at radius 2 is 2.00 bits per heavy atom. The van der Waals surface area contributed by atoms with Crippen LogP contribution in [0.5, 0.6) is 0 Å². The monoisotopic (exact) mass is 182 g/mol. The molecule has 0 aliphatic heterocycles. The molecule has 1 atom stereocenters. The lowest BCUT2D eigenvalue weighted by Gasteiger charge is -2.03. The fourth-order valence-electron chi connectivity index (χ4n) is 1.05. The number of benzene rings is 1. The maximum atomic E-state index is 11.2. The summed E-state index contributed by atoms with van der Waals surface area (Å²) < 4.78 is 11.2. The van der Waals surface area contributed by atoms with Crippen molar-refractivity contribution in [2.24, 2.45) is 0 Å². The molecule has 0 aliphatic carbocycles. The summed E-state index contributed by atoms with van der Waals surface area (Å²) in [4.78, 5) is 0. The number of aryl methyl sites for hydroxylation is 1. The third kappa shape index (κ3) is 2.45. The molecule has 1 unspecified atom stereocenters. The Kier molecular flexibility index (Phi) is 3.48. The van der Waals surface area contributed by atoms with Crippen LogP contribution < -0.4 is 0 Å². The van der Waals surface area contributed by atoms with Crippen molar-refractivity contribution in [3.63, 3.8) is 0 Å². The Hall–Kier alpha value is -0.630. The minimum Gasteiger partial charge on any atom is -0.259 e. The van der Waals surface area contributed by atoms with Gasteiger partial charge in [-0.05, 0) is 18.1 Å². The van der Waals surface area contributed by atoms with E-state index in [1.807, 2.05) is 25.1 Å². The molecule has 0 bridgehead atoms. The SMILES string of the molecule is CCS(=O)Cc1ccccc1C. The molecular weight excluding hydrogens is 168 g/mol. The Bertz CT molecular complexity index is 281. The van der Waals surface area contributed by atoms with Gasteiger partial charge in [0.2, 0.25) is 0 Å². The lowest BCUT2D eigenvalue weighted by molar-refractivity contribution is 0.683. The Morgan fingerprint density at radius 3 is 2.58 bits per heavy atom. The zero-order valence-electron chi connectivity index (χ0n) is 7.54. The summed E-state index contributed by atoms with van der Waals surface area (Å²) in [6.45, 7) is 4.01. The fraction of sp³-hybridized carbons (Fsp3) is 0.400. The summed E-state index contributed by atoms with van der Waals surface area (Å²) in [6, 6.07) is 8.11. The topological polar surface area (TPSA) is 17.1 Å². The molecule has 0 amide bonds. The molecule has 0 aliphatic rings. The van der Waals surface area contributed by atoms with E-state index >= 15 is 0 Å². The van der Waals surface area contributed by atoms with Crippen molar-refractivity contribution in [2.45, 2.75) is 19.6 Å². The quantitative estimate of drug-likeness (QED) is 0.701. The fourth-order valence-corrected chi connectivity index (χ4v) is 1.92. The summed E-state index contributed by atoms with van der Waals surface area (Å²) in [5, 5.41) is 0. The molecule has 12 heavy (non-hydrogen) atoms. The van der Waals surface area contributed by atoms with Gasteiger partial charge < -0.3 is 0 Å². The zero-order chi connectivity index (χ0) is 8.97. The standard InChI is InChI=1S/C10H14OS/c1-3-12(11)8-10-7-5-4-6-9(10)2/h4-7H,3,8H2,1-2H3. The lowest BCUT2D eigenvalue weighted by atomic mass is 10.1. The van der Waals surface area contributed by atoms with Crippen molar-refractivity contribution < 1.29 is 4.21 Å². The highest BCUT2D eigenvalue weighted by Crippen LogP contribution is 2.09. The van der Waals surface area contributed by atoms with Crippen LogP contribution in [0.4, 0.5) is 0 Å².